The molecule has 0 atom stereocenters. The molecule has 0 aliphatic carbocycles. The first-order chi connectivity index (χ1) is 15.7. The predicted octanol–water partition coefficient (Wildman–Crippen LogP) is 6.88. The third kappa shape index (κ3) is 3.46. The van der Waals surface area contributed by atoms with Gasteiger partial charge in [0.05, 0.1) is 23.9 Å². The Labute approximate surface area is 185 Å². The zero-order chi connectivity index (χ0) is 22.1. The molecule has 0 bridgehead atoms. The van der Waals surface area contributed by atoms with Crippen LogP contribution in [-0.2, 0) is 0 Å². The number of methoxy groups -OCH3 is 1. The summed E-state index contributed by atoms with van der Waals surface area (Å²) in [6.45, 7) is 0. The number of carbonyl (C=O) groups is 1. The van der Waals surface area contributed by atoms with E-state index in [4.69, 9.17) is 4.74 Å². The molecule has 0 fully saturated rings. The summed E-state index contributed by atoms with van der Waals surface area (Å²) in [7, 11) is 1.61. The van der Waals surface area contributed by atoms with Crippen LogP contribution in [0.15, 0.2) is 97.1 Å². The summed E-state index contributed by atoms with van der Waals surface area (Å²) < 4.78 is 18.9. The highest BCUT2D eigenvalue weighted by molar-refractivity contribution is 6.21. The van der Waals surface area contributed by atoms with Gasteiger partial charge in [-0.05, 0) is 42.0 Å². The van der Waals surface area contributed by atoms with E-state index >= 15 is 0 Å². The van der Waals surface area contributed by atoms with Crippen LogP contribution in [-0.4, -0.2) is 17.9 Å². The maximum absolute atomic E-state index is 13.7. The Morgan fingerprint density at radius 2 is 1.53 bits per heavy atom. The Kier molecular flexibility index (Phi) is 5.04. The smallest absolute Gasteiger partial charge is 0.195 e. The lowest BCUT2D eigenvalue weighted by Gasteiger charge is -2.07. The van der Waals surface area contributed by atoms with Crippen LogP contribution in [0.25, 0.3) is 33.3 Å². The first-order valence-corrected chi connectivity index (χ1v) is 10.3. The first-order valence-electron chi connectivity index (χ1n) is 10.3. The number of nitrogens with one attached hydrogen (secondary N) is 1. The lowest BCUT2D eigenvalue weighted by atomic mass is 9.95. The third-order valence-corrected chi connectivity index (χ3v) is 5.61. The summed E-state index contributed by atoms with van der Waals surface area (Å²) in [5, 5.41) is 0.818. The molecule has 4 aromatic carbocycles. The molecule has 0 aliphatic rings. The zero-order valence-corrected chi connectivity index (χ0v) is 17.4. The third-order valence-electron chi connectivity index (χ3n) is 5.61. The molecule has 0 spiro atoms. The quantitative estimate of drug-likeness (QED) is 0.314. The van der Waals surface area contributed by atoms with Gasteiger partial charge >= 0.3 is 0 Å². The minimum Gasteiger partial charge on any atom is -0.497 e. The van der Waals surface area contributed by atoms with E-state index in [1.165, 1.54) is 24.3 Å². The van der Waals surface area contributed by atoms with Crippen LogP contribution in [0.2, 0.25) is 0 Å². The molecule has 3 nitrogen and oxygen atoms in total. The van der Waals surface area contributed by atoms with Crippen molar-refractivity contribution in [3.05, 3.63) is 114 Å². The van der Waals surface area contributed by atoms with Gasteiger partial charge in [0.1, 0.15) is 11.6 Å². The molecule has 0 saturated carbocycles. The van der Waals surface area contributed by atoms with E-state index in [1.807, 2.05) is 72.8 Å². The summed E-state index contributed by atoms with van der Waals surface area (Å²) in [5.41, 5.74) is 5.46. The van der Waals surface area contributed by atoms with Gasteiger partial charge in [-0.25, -0.2) is 4.39 Å². The number of hydrogen-bond donors (Lipinski definition) is 1. The molecule has 4 heteroatoms. The van der Waals surface area contributed by atoms with Crippen molar-refractivity contribution in [3.8, 4) is 28.1 Å². The Bertz CT molecular complexity index is 1420. The van der Waals surface area contributed by atoms with Gasteiger partial charge in [-0.1, -0.05) is 60.7 Å². The number of carbonyl (C=O) groups excluding carboxylic acids is 1. The second-order valence-electron chi connectivity index (χ2n) is 7.54. The van der Waals surface area contributed by atoms with Gasteiger partial charge < -0.3 is 9.72 Å². The molecule has 1 aromatic heterocycles. The minimum atomic E-state index is -0.375. The number of aromatic nitrogens is 1. The highest BCUT2D eigenvalue weighted by Crippen LogP contribution is 2.37. The maximum atomic E-state index is 13.7. The molecule has 0 amide bonds. The van der Waals surface area contributed by atoms with E-state index in [1.54, 1.807) is 7.11 Å². The van der Waals surface area contributed by atoms with Crippen molar-refractivity contribution in [3.63, 3.8) is 0 Å². The number of rotatable bonds is 5. The van der Waals surface area contributed by atoms with Crippen LogP contribution in [0, 0.1) is 5.82 Å². The topological polar surface area (TPSA) is 42.1 Å². The van der Waals surface area contributed by atoms with Gasteiger partial charge in [-0.2, -0.15) is 0 Å². The molecule has 0 radical (unpaired) electrons. The maximum Gasteiger partial charge on any atom is 0.195 e. The Morgan fingerprint density at radius 3 is 2.28 bits per heavy atom. The minimum absolute atomic E-state index is 0.167. The van der Waals surface area contributed by atoms with Gasteiger partial charge in [0.2, 0.25) is 0 Å². The second-order valence-corrected chi connectivity index (χ2v) is 7.54. The monoisotopic (exact) mass is 421 g/mol. The van der Waals surface area contributed by atoms with Crippen molar-refractivity contribution in [2.75, 3.05) is 7.11 Å². The Morgan fingerprint density at radius 1 is 0.812 bits per heavy atom. The van der Waals surface area contributed by atoms with E-state index in [0.29, 0.717) is 22.6 Å². The number of para-hydroxylation sites is 1. The van der Waals surface area contributed by atoms with Crippen LogP contribution < -0.4 is 4.74 Å². The normalized spacial score (nSPS) is 10.9. The van der Waals surface area contributed by atoms with Crippen molar-refractivity contribution in [2.24, 2.45) is 0 Å². The van der Waals surface area contributed by atoms with Crippen LogP contribution >= 0.6 is 0 Å². The number of aromatic amines is 1. The fraction of sp³-hybridized carbons (Fsp3) is 0.0357. The van der Waals surface area contributed by atoms with E-state index in [0.717, 1.165) is 27.6 Å². The second kappa shape index (κ2) is 8.16. The molecule has 32 heavy (non-hydrogen) atoms. The number of ketones is 1. The van der Waals surface area contributed by atoms with Crippen LogP contribution in [0.4, 0.5) is 4.39 Å². The van der Waals surface area contributed by atoms with Crippen molar-refractivity contribution < 1.29 is 13.9 Å². The molecular formula is C28H20FNO2. The van der Waals surface area contributed by atoms with Crippen molar-refractivity contribution in [2.45, 2.75) is 0 Å². The fourth-order valence-corrected chi connectivity index (χ4v) is 4.05. The number of benzene rings is 4. The average Bonchev–Trinajstić information content (AvgIpc) is 3.24. The van der Waals surface area contributed by atoms with E-state index in [2.05, 4.69) is 4.98 Å². The van der Waals surface area contributed by atoms with Gasteiger partial charge in [0, 0.05) is 22.1 Å². The summed E-state index contributed by atoms with van der Waals surface area (Å²) in [4.78, 5) is 17.2. The highest BCUT2D eigenvalue weighted by Gasteiger charge is 2.23. The van der Waals surface area contributed by atoms with Crippen molar-refractivity contribution in [1.29, 1.82) is 0 Å². The molecule has 0 unspecified atom stereocenters. The SMILES string of the molecule is COc1cccc(-c2[nH]c3c(-c4ccccc4)cccc3c2C(=O)c2ccc(F)cc2)c1. The molecule has 5 rings (SSSR count). The summed E-state index contributed by atoms with van der Waals surface area (Å²) >= 11 is 0. The molecule has 1 heterocycles. The number of fused-ring (bicyclic) bond motifs is 1. The summed E-state index contributed by atoms with van der Waals surface area (Å²) in [5.74, 6) is 0.156. The van der Waals surface area contributed by atoms with E-state index < -0.39 is 0 Å². The van der Waals surface area contributed by atoms with Crippen LogP contribution in [0.5, 0.6) is 5.75 Å². The molecular weight excluding hydrogens is 401 g/mol. The van der Waals surface area contributed by atoms with E-state index in [9.17, 15) is 9.18 Å². The van der Waals surface area contributed by atoms with Crippen molar-refractivity contribution >= 4 is 16.7 Å². The fourth-order valence-electron chi connectivity index (χ4n) is 4.05. The molecule has 1 N–H and O–H groups in total. The van der Waals surface area contributed by atoms with Gasteiger partial charge in [0.15, 0.2) is 5.78 Å². The lowest BCUT2D eigenvalue weighted by Crippen LogP contribution is -2.02. The van der Waals surface area contributed by atoms with Gasteiger partial charge in [0.25, 0.3) is 0 Å². The van der Waals surface area contributed by atoms with Crippen LogP contribution in [0.3, 0.4) is 0 Å². The summed E-state index contributed by atoms with van der Waals surface area (Å²) in [6.07, 6.45) is 0. The highest BCUT2D eigenvalue weighted by atomic mass is 19.1. The van der Waals surface area contributed by atoms with E-state index in [-0.39, 0.29) is 11.6 Å². The van der Waals surface area contributed by atoms with Gasteiger partial charge in [-0.3, -0.25) is 4.79 Å². The van der Waals surface area contributed by atoms with Gasteiger partial charge in [-0.15, -0.1) is 0 Å². The number of hydrogen-bond acceptors (Lipinski definition) is 2. The molecule has 0 saturated heterocycles. The first kappa shape index (κ1) is 19.8. The Balaban J connectivity index is 1.79. The zero-order valence-electron chi connectivity index (χ0n) is 17.4. The molecule has 0 aliphatic heterocycles. The molecule has 5 aromatic rings. The van der Waals surface area contributed by atoms with Crippen LogP contribution in [0.1, 0.15) is 15.9 Å². The lowest BCUT2D eigenvalue weighted by molar-refractivity contribution is 0.104. The standard InChI is InChI=1S/C28H20FNO2/c1-32-22-10-5-9-20(17-22)26-25(28(31)19-13-15-21(29)16-14-19)24-12-6-11-23(27(24)30-26)18-7-3-2-4-8-18/h2-17,30H,1H3. The predicted molar refractivity (Wildman–Crippen MR) is 126 cm³/mol. The largest absolute Gasteiger partial charge is 0.497 e. The Hall–Kier alpha value is -4.18. The average molecular weight is 421 g/mol. The van der Waals surface area contributed by atoms with Crippen molar-refractivity contribution in [1.82, 2.24) is 4.98 Å². The number of H-pyrrole nitrogens is 1. The molecule has 156 valence electrons. The summed E-state index contributed by atoms with van der Waals surface area (Å²) in [6, 6.07) is 29.2. The number of ether oxygens (including phenoxy) is 1. The number of halogens is 1.